The topological polar surface area (TPSA) is 0 Å². The van der Waals surface area contributed by atoms with Crippen molar-refractivity contribution in [1.29, 1.82) is 0 Å². The van der Waals surface area contributed by atoms with Gasteiger partial charge in [0.25, 0.3) is 0 Å². The smallest absolute Gasteiger partial charge is 0.0808 e. The van der Waals surface area contributed by atoms with Crippen molar-refractivity contribution >= 4 is 13.3 Å². The lowest BCUT2D eigenvalue weighted by Crippen LogP contribution is -2.53. The van der Waals surface area contributed by atoms with Gasteiger partial charge in [-0.15, -0.1) is 0 Å². The minimum Gasteiger partial charge on any atom is -0.0808 e. The number of hydrogen-bond acceptors (Lipinski definition) is 0. The van der Waals surface area contributed by atoms with Crippen LogP contribution < -0.4 is 5.19 Å². The molecule has 0 amide bonds. The molecule has 1 aromatic rings. The monoisotopic (exact) mass is 296 g/mol. The van der Waals surface area contributed by atoms with E-state index < -0.39 is 8.07 Å². The Morgan fingerprint density at radius 3 is 2.33 bits per heavy atom. The summed E-state index contributed by atoms with van der Waals surface area (Å²) < 4.78 is 0. The zero-order valence-corrected chi connectivity index (χ0v) is 14.6. The number of rotatable bonds is 4. The van der Waals surface area contributed by atoms with Gasteiger partial charge in [0, 0.05) is 0 Å². The average molecular weight is 297 g/mol. The van der Waals surface area contributed by atoms with Crippen molar-refractivity contribution < 1.29 is 0 Å². The fourth-order valence-corrected chi connectivity index (χ4v) is 11.1. The molecule has 2 aliphatic rings. The summed E-state index contributed by atoms with van der Waals surface area (Å²) in [5.74, 6) is 2.44. The number of benzene rings is 1. The van der Waals surface area contributed by atoms with E-state index in [-0.39, 0.29) is 0 Å². The van der Waals surface area contributed by atoms with Gasteiger partial charge in [-0.05, 0) is 29.7 Å². The maximum absolute atomic E-state index is 2.52. The highest BCUT2D eigenvalue weighted by Crippen LogP contribution is 2.54. The molecule has 0 nitrogen and oxygen atoms in total. The van der Waals surface area contributed by atoms with E-state index in [1.807, 2.05) is 0 Å². The molecule has 4 atom stereocenters. The average Bonchev–Trinajstić information content (AvgIpc) is 2.87. The number of fused-ring (bicyclic) bond motifs is 1. The van der Waals surface area contributed by atoms with Gasteiger partial charge in [0.1, 0.15) is 0 Å². The fourth-order valence-electron chi connectivity index (χ4n) is 5.25. The van der Waals surface area contributed by atoms with Crippen LogP contribution in [0.1, 0.15) is 27.2 Å². The van der Waals surface area contributed by atoms with Crippen molar-refractivity contribution in [3.63, 3.8) is 0 Å². The molecule has 1 heteroatoms. The zero-order chi connectivity index (χ0) is 14.9. The van der Waals surface area contributed by atoms with Crippen LogP contribution in [0.5, 0.6) is 0 Å². The van der Waals surface area contributed by atoms with Crippen LogP contribution in [-0.4, -0.2) is 8.07 Å². The molecule has 1 aromatic carbocycles. The van der Waals surface area contributed by atoms with Crippen molar-refractivity contribution in [2.24, 2.45) is 17.8 Å². The molecule has 0 heterocycles. The van der Waals surface area contributed by atoms with Crippen LogP contribution in [0.4, 0.5) is 0 Å². The molecule has 4 unspecified atom stereocenters. The Hall–Kier alpha value is -1.08. The first kappa shape index (κ1) is 14.8. The lowest BCUT2D eigenvalue weighted by atomic mass is 9.92. The Balaban J connectivity index is 2.05. The van der Waals surface area contributed by atoms with Crippen LogP contribution in [0, 0.1) is 17.8 Å². The van der Waals surface area contributed by atoms with Gasteiger partial charge >= 0.3 is 0 Å². The van der Waals surface area contributed by atoms with Gasteiger partial charge in [0.05, 0.1) is 8.07 Å². The third-order valence-corrected chi connectivity index (χ3v) is 12.5. The maximum Gasteiger partial charge on any atom is 0.0900 e. The summed E-state index contributed by atoms with van der Waals surface area (Å²) in [5.41, 5.74) is 0.904. The van der Waals surface area contributed by atoms with Gasteiger partial charge in [0.2, 0.25) is 0 Å². The SMILES string of the molecule is CC[Si](CC)(c1ccccc1)C1C(C)CC2C=CC=CC21. The Bertz CT molecular complexity index is 524. The quantitative estimate of drug-likeness (QED) is 0.674. The van der Waals surface area contributed by atoms with E-state index >= 15 is 0 Å². The van der Waals surface area contributed by atoms with E-state index in [0.717, 1.165) is 23.3 Å². The van der Waals surface area contributed by atoms with Gasteiger partial charge in [-0.25, -0.2) is 0 Å². The van der Waals surface area contributed by atoms with Crippen molar-refractivity contribution in [3.05, 3.63) is 54.6 Å². The standard InChI is InChI=1S/C20H28Si/c1-4-21(5-2,18-12-7-6-8-13-18)20-16(3)15-17-11-9-10-14-19(17)20/h6-14,16-17,19-20H,4-5,15H2,1-3H3. The van der Waals surface area contributed by atoms with Crippen LogP contribution >= 0.6 is 0 Å². The molecular formula is C20H28Si. The van der Waals surface area contributed by atoms with Gasteiger partial charge in [0.15, 0.2) is 0 Å². The van der Waals surface area contributed by atoms with Gasteiger partial charge in [-0.1, -0.05) is 92.7 Å². The largest absolute Gasteiger partial charge is 0.0900 e. The molecule has 21 heavy (non-hydrogen) atoms. The van der Waals surface area contributed by atoms with Gasteiger partial charge in [-0.3, -0.25) is 0 Å². The second-order valence-corrected chi connectivity index (χ2v) is 11.9. The van der Waals surface area contributed by atoms with Crippen molar-refractivity contribution in [2.75, 3.05) is 0 Å². The summed E-state index contributed by atoms with van der Waals surface area (Å²) >= 11 is 0. The Morgan fingerprint density at radius 2 is 1.67 bits per heavy atom. The normalized spacial score (nSPS) is 31.4. The molecule has 1 saturated carbocycles. The van der Waals surface area contributed by atoms with Crippen molar-refractivity contribution in [1.82, 2.24) is 0 Å². The Kier molecular flexibility index (Phi) is 4.21. The summed E-state index contributed by atoms with van der Waals surface area (Å²) in [6.07, 6.45) is 10.9. The minimum atomic E-state index is -1.44. The maximum atomic E-state index is 2.52. The van der Waals surface area contributed by atoms with Crippen LogP contribution in [0.15, 0.2) is 54.6 Å². The van der Waals surface area contributed by atoms with E-state index in [0.29, 0.717) is 0 Å². The van der Waals surface area contributed by atoms with Crippen molar-refractivity contribution in [2.45, 2.75) is 44.8 Å². The highest BCUT2D eigenvalue weighted by atomic mass is 28.3. The van der Waals surface area contributed by atoms with Crippen LogP contribution in [0.2, 0.25) is 17.6 Å². The highest BCUT2D eigenvalue weighted by Gasteiger charge is 2.51. The van der Waals surface area contributed by atoms with Crippen LogP contribution in [0.3, 0.4) is 0 Å². The highest BCUT2D eigenvalue weighted by molar-refractivity contribution is 6.93. The summed E-state index contributed by atoms with van der Waals surface area (Å²) in [5, 5.41) is 1.69. The molecule has 0 saturated heterocycles. The molecule has 112 valence electrons. The first-order chi connectivity index (χ1) is 10.2. The number of allylic oxidation sites excluding steroid dienone is 4. The summed E-state index contributed by atoms with van der Waals surface area (Å²) in [6.45, 7) is 7.41. The molecule has 0 aromatic heterocycles. The second-order valence-electron chi connectivity index (χ2n) is 6.98. The molecule has 0 bridgehead atoms. The van der Waals surface area contributed by atoms with Crippen molar-refractivity contribution in [3.8, 4) is 0 Å². The lowest BCUT2D eigenvalue weighted by molar-refractivity contribution is 0.541. The lowest BCUT2D eigenvalue weighted by Gasteiger charge is -2.42. The first-order valence-electron chi connectivity index (χ1n) is 8.63. The number of hydrogen-bond donors (Lipinski definition) is 0. The molecule has 0 aliphatic heterocycles. The predicted molar refractivity (Wildman–Crippen MR) is 95.6 cm³/mol. The molecule has 0 spiro atoms. The Labute approximate surface area is 131 Å². The molecule has 2 aliphatic carbocycles. The summed E-state index contributed by atoms with van der Waals surface area (Å²) in [6, 6.07) is 14.3. The second kappa shape index (κ2) is 5.96. The van der Waals surface area contributed by atoms with E-state index in [4.69, 9.17) is 0 Å². The fraction of sp³-hybridized carbons (Fsp3) is 0.500. The van der Waals surface area contributed by atoms with Gasteiger partial charge < -0.3 is 0 Å². The van der Waals surface area contributed by atoms with E-state index in [1.54, 1.807) is 5.19 Å². The van der Waals surface area contributed by atoms with Crippen LogP contribution in [0.25, 0.3) is 0 Å². The molecular weight excluding hydrogens is 268 g/mol. The summed E-state index contributed by atoms with van der Waals surface area (Å²) in [4.78, 5) is 0. The van der Waals surface area contributed by atoms with E-state index in [9.17, 15) is 0 Å². The molecule has 1 fully saturated rings. The van der Waals surface area contributed by atoms with Gasteiger partial charge in [-0.2, -0.15) is 0 Å². The molecule has 3 rings (SSSR count). The van der Waals surface area contributed by atoms with Crippen LogP contribution in [-0.2, 0) is 0 Å². The third-order valence-electron chi connectivity index (χ3n) is 6.22. The molecule has 0 N–H and O–H groups in total. The zero-order valence-electron chi connectivity index (χ0n) is 13.6. The first-order valence-corrected chi connectivity index (χ1v) is 11.1. The summed E-state index contributed by atoms with van der Waals surface area (Å²) in [7, 11) is -1.44. The third kappa shape index (κ3) is 2.36. The minimum absolute atomic E-state index is 0.789. The van der Waals surface area contributed by atoms with E-state index in [1.165, 1.54) is 18.5 Å². The predicted octanol–water partition coefficient (Wildman–Crippen LogP) is 5.15. The van der Waals surface area contributed by atoms with E-state index in [2.05, 4.69) is 75.4 Å². The molecule has 0 radical (unpaired) electrons. The Morgan fingerprint density at radius 1 is 1.00 bits per heavy atom.